The van der Waals surface area contributed by atoms with E-state index < -0.39 is 16.0 Å². The highest BCUT2D eigenvalue weighted by Crippen LogP contribution is 2.36. The van der Waals surface area contributed by atoms with Gasteiger partial charge in [0.1, 0.15) is 23.2 Å². The Morgan fingerprint density at radius 1 is 1.21 bits per heavy atom. The Bertz CT molecular complexity index is 1070. The summed E-state index contributed by atoms with van der Waals surface area (Å²) in [7, 11) is -3.41. The first-order valence-electron chi connectivity index (χ1n) is 8.66. The largest absolute Gasteiger partial charge is 0.465 e. The fourth-order valence-corrected chi connectivity index (χ4v) is 3.96. The molecule has 8 heteroatoms. The second kappa shape index (κ2) is 8.15. The van der Waals surface area contributed by atoms with Crippen LogP contribution < -0.4 is 4.72 Å². The molecule has 7 nitrogen and oxygen atoms in total. The van der Waals surface area contributed by atoms with E-state index in [0.717, 1.165) is 6.42 Å². The molecular formula is C20H18N2O5S. The molecule has 2 aromatic rings. The van der Waals surface area contributed by atoms with Gasteiger partial charge in [0.15, 0.2) is 0 Å². The van der Waals surface area contributed by atoms with Crippen LogP contribution in [0.15, 0.2) is 58.4 Å². The summed E-state index contributed by atoms with van der Waals surface area (Å²) in [6.45, 7) is 1.92. The van der Waals surface area contributed by atoms with Crippen LogP contribution in [0.25, 0.3) is 11.6 Å². The highest BCUT2D eigenvalue weighted by Gasteiger charge is 2.31. The third kappa shape index (κ3) is 4.32. The van der Waals surface area contributed by atoms with Gasteiger partial charge in [0, 0.05) is 17.3 Å². The number of sulfonamides is 1. The number of cyclic esters (lactones) is 1. The summed E-state index contributed by atoms with van der Waals surface area (Å²) in [5.74, 6) is -0.0138. The summed E-state index contributed by atoms with van der Waals surface area (Å²) < 4.78 is 37.0. The van der Waals surface area contributed by atoms with Crippen LogP contribution in [0, 0.1) is 11.3 Å². The van der Waals surface area contributed by atoms with E-state index in [0.29, 0.717) is 29.0 Å². The summed E-state index contributed by atoms with van der Waals surface area (Å²) in [5, 5.41) is 9.35. The molecule has 0 unspecified atom stereocenters. The summed E-state index contributed by atoms with van der Waals surface area (Å²) >= 11 is 0. The zero-order valence-electron chi connectivity index (χ0n) is 15.1. The zero-order valence-corrected chi connectivity index (χ0v) is 16.0. The van der Waals surface area contributed by atoms with E-state index in [1.165, 1.54) is 12.3 Å². The lowest BCUT2D eigenvalue weighted by Gasteiger charge is -2.09. The monoisotopic (exact) mass is 398 g/mol. The molecule has 1 N–H and O–H groups in total. The number of carbonyl (C=O) groups is 1. The Balaban J connectivity index is 1.91. The molecule has 2 heterocycles. The second-order valence-corrected chi connectivity index (χ2v) is 7.97. The van der Waals surface area contributed by atoms with Crippen LogP contribution in [0.5, 0.6) is 0 Å². The SMILES string of the molecule is CCCCS(=O)(=O)Nc1ccc(C2=C(C#N)C(=O)O/C2=C/c2ccco2)cc1. The maximum atomic E-state index is 12.0. The predicted molar refractivity (Wildman–Crippen MR) is 104 cm³/mol. The maximum Gasteiger partial charge on any atom is 0.355 e. The Morgan fingerprint density at radius 2 is 1.96 bits per heavy atom. The first-order valence-corrected chi connectivity index (χ1v) is 10.3. The molecule has 0 amide bonds. The molecule has 28 heavy (non-hydrogen) atoms. The number of hydrogen-bond acceptors (Lipinski definition) is 6. The van der Waals surface area contributed by atoms with E-state index in [4.69, 9.17) is 9.15 Å². The first-order chi connectivity index (χ1) is 13.4. The average molecular weight is 398 g/mol. The predicted octanol–water partition coefficient (Wildman–Crippen LogP) is 3.70. The van der Waals surface area contributed by atoms with Crippen LogP contribution >= 0.6 is 0 Å². The molecule has 1 aromatic carbocycles. The van der Waals surface area contributed by atoms with E-state index >= 15 is 0 Å². The van der Waals surface area contributed by atoms with Gasteiger partial charge in [-0.3, -0.25) is 4.72 Å². The van der Waals surface area contributed by atoms with Crippen molar-refractivity contribution in [3.05, 3.63) is 65.3 Å². The van der Waals surface area contributed by atoms with Crippen molar-refractivity contribution in [2.45, 2.75) is 19.8 Å². The zero-order chi connectivity index (χ0) is 20.1. The molecule has 3 rings (SSSR count). The third-order valence-corrected chi connectivity index (χ3v) is 5.42. The van der Waals surface area contributed by atoms with E-state index in [1.54, 1.807) is 36.4 Å². The Hall–Kier alpha value is -3.31. The molecule has 0 bridgehead atoms. The van der Waals surface area contributed by atoms with Gasteiger partial charge in [-0.1, -0.05) is 25.5 Å². The van der Waals surface area contributed by atoms with Crippen molar-refractivity contribution in [1.82, 2.24) is 0 Å². The van der Waals surface area contributed by atoms with Crippen LogP contribution in [0.4, 0.5) is 5.69 Å². The minimum atomic E-state index is -3.41. The first kappa shape index (κ1) is 19.5. The van der Waals surface area contributed by atoms with Crippen molar-refractivity contribution < 1.29 is 22.4 Å². The van der Waals surface area contributed by atoms with E-state index in [1.807, 2.05) is 13.0 Å². The fourth-order valence-electron chi connectivity index (χ4n) is 2.69. The second-order valence-electron chi connectivity index (χ2n) is 6.13. The number of hydrogen-bond donors (Lipinski definition) is 1. The number of unbranched alkanes of at least 4 members (excludes halogenated alkanes) is 1. The number of anilines is 1. The highest BCUT2D eigenvalue weighted by atomic mass is 32.2. The standard InChI is InChI=1S/C20H18N2O5S/c1-2-3-11-28(24,25)22-15-8-6-14(7-9-15)19-17(13-21)20(23)27-18(19)12-16-5-4-10-26-16/h4-10,12,22H,2-3,11H2,1H3/b18-12+. The molecule has 1 aliphatic heterocycles. The number of esters is 1. The molecule has 0 radical (unpaired) electrons. The van der Waals surface area contributed by atoms with Gasteiger partial charge < -0.3 is 9.15 Å². The lowest BCUT2D eigenvalue weighted by molar-refractivity contribution is -0.132. The average Bonchev–Trinajstić information content (AvgIpc) is 3.28. The number of rotatable bonds is 7. The normalized spacial score (nSPS) is 15.6. The van der Waals surface area contributed by atoms with Crippen molar-refractivity contribution in [1.29, 1.82) is 5.26 Å². The molecule has 1 aromatic heterocycles. The Morgan fingerprint density at radius 3 is 2.57 bits per heavy atom. The molecule has 0 atom stereocenters. The topological polar surface area (TPSA) is 109 Å². The van der Waals surface area contributed by atoms with Crippen LogP contribution in [0.2, 0.25) is 0 Å². The van der Waals surface area contributed by atoms with Crippen molar-refractivity contribution in [2.24, 2.45) is 0 Å². The van der Waals surface area contributed by atoms with E-state index in [9.17, 15) is 18.5 Å². The van der Waals surface area contributed by atoms with E-state index in [-0.39, 0.29) is 17.1 Å². The van der Waals surface area contributed by atoms with Gasteiger partial charge in [0.05, 0.1) is 12.0 Å². The van der Waals surface area contributed by atoms with Crippen molar-refractivity contribution >= 4 is 33.3 Å². The minimum absolute atomic E-state index is 0.0490. The van der Waals surface area contributed by atoms with Crippen LogP contribution in [-0.4, -0.2) is 20.1 Å². The van der Waals surface area contributed by atoms with E-state index in [2.05, 4.69) is 4.72 Å². The molecule has 0 aliphatic carbocycles. The van der Waals surface area contributed by atoms with Crippen LogP contribution in [0.3, 0.4) is 0 Å². The highest BCUT2D eigenvalue weighted by molar-refractivity contribution is 7.92. The number of nitrogens with one attached hydrogen (secondary N) is 1. The molecule has 0 fully saturated rings. The maximum absolute atomic E-state index is 12.0. The minimum Gasteiger partial charge on any atom is -0.465 e. The number of allylic oxidation sites excluding steroid dienone is 1. The number of nitriles is 1. The van der Waals surface area contributed by atoms with Crippen molar-refractivity contribution in [3.8, 4) is 6.07 Å². The lowest BCUT2D eigenvalue weighted by Crippen LogP contribution is -2.16. The molecule has 0 saturated heterocycles. The van der Waals surface area contributed by atoms with Gasteiger partial charge in [-0.2, -0.15) is 5.26 Å². The summed E-state index contributed by atoms with van der Waals surface area (Å²) in [5.41, 5.74) is 1.18. The van der Waals surface area contributed by atoms with Crippen molar-refractivity contribution in [3.63, 3.8) is 0 Å². The number of nitrogens with zero attached hydrogens (tertiary/aromatic N) is 1. The summed E-state index contributed by atoms with van der Waals surface area (Å²) in [6, 6.07) is 11.7. The van der Waals surface area contributed by atoms with Gasteiger partial charge in [-0.05, 0) is 36.2 Å². The molecule has 1 aliphatic rings. The quantitative estimate of drug-likeness (QED) is 0.712. The smallest absolute Gasteiger partial charge is 0.355 e. The van der Waals surface area contributed by atoms with Crippen LogP contribution in [0.1, 0.15) is 31.1 Å². The number of ether oxygens (including phenoxy) is 1. The van der Waals surface area contributed by atoms with Crippen molar-refractivity contribution in [2.75, 3.05) is 10.5 Å². The molecule has 0 spiro atoms. The molecule has 0 saturated carbocycles. The van der Waals surface area contributed by atoms with Gasteiger partial charge in [-0.15, -0.1) is 0 Å². The van der Waals surface area contributed by atoms with Gasteiger partial charge in [-0.25, -0.2) is 13.2 Å². The van der Waals surface area contributed by atoms with Crippen LogP contribution in [-0.2, 0) is 19.6 Å². The molecular weight excluding hydrogens is 380 g/mol. The lowest BCUT2D eigenvalue weighted by atomic mass is 9.99. The number of benzene rings is 1. The fraction of sp³-hybridized carbons (Fsp3) is 0.200. The number of carbonyl (C=O) groups excluding carboxylic acids is 1. The Kier molecular flexibility index (Phi) is 5.66. The third-order valence-electron chi connectivity index (χ3n) is 4.05. The van der Waals surface area contributed by atoms with Gasteiger partial charge >= 0.3 is 5.97 Å². The number of furan rings is 1. The summed E-state index contributed by atoms with van der Waals surface area (Å²) in [4.78, 5) is 12.0. The Labute approximate surface area is 163 Å². The van der Waals surface area contributed by atoms with Gasteiger partial charge in [0.2, 0.25) is 10.0 Å². The molecule has 144 valence electrons. The summed E-state index contributed by atoms with van der Waals surface area (Å²) in [6.07, 6.45) is 4.37. The van der Waals surface area contributed by atoms with Gasteiger partial charge in [0.25, 0.3) is 0 Å².